The van der Waals surface area contributed by atoms with Crippen molar-refractivity contribution >= 4 is 27.0 Å². The van der Waals surface area contributed by atoms with Crippen LogP contribution >= 0.6 is 0 Å². The summed E-state index contributed by atoms with van der Waals surface area (Å²) in [4.78, 5) is 14.4. The Balaban J connectivity index is 1.46. The number of benzene rings is 1. The van der Waals surface area contributed by atoms with Crippen LogP contribution in [0.4, 0.5) is 0 Å². The predicted molar refractivity (Wildman–Crippen MR) is 93.3 cm³/mol. The second-order valence-corrected chi connectivity index (χ2v) is 8.35. The van der Waals surface area contributed by atoms with Gasteiger partial charge in [0.15, 0.2) is 5.69 Å². The van der Waals surface area contributed by atoms with Crippen LogP contribution < -0.4 is 0 Å². The highest BCUT2D eigenvalue weighted by Crippen LogP contribution is 2.20. The summed E-state index contributed by atoms with van der Waals surface area (Å²) in [6.07, 6.45) is 1.84. The number of carbonyl (C=O) groups is 1. The molecule has 0 saturated carbocycles. The van der Waals surface area contributed by atoms with Crippen LogP contribution in [0.3, 0.4) is 0 Å². The van der Waals surface area contributed by atoms with Gasteiger partial charge in [-0.1, -0.05) is 18.2 Å². The van der Waals surface area contributed by atoms with Crippen molar-refractivity contribution in [2.24, 2.45) is 0 Å². The van der Waals surface area contributed by atoms with Gasteiger partial charge in [0.2, 0.25) is 0 Å². The van der Waals surface area contributed by atoms with Crippen LogP contribution in [-0.4, -0.2) is 77.3 Å². The van der Waals surface area contributed by atoms with Crippen molar-refractivity contribution in [1.29, 1.82) is 0 Å². The molecule has 9 heteroatoms. The maximum atomic E-state index is 12.8. The third kappa shape index (κ3) is 2.92. The zero-order valence-electron chi connectivity index (χ0n) is 13.9. The van der Waals surface area contributed by atoms with Crippen LogP contribution in [0, 0.1) is 0 Å². The summed E-state index contributed by atoms with van der Waals surface area (Å²) in [6.45, 7) is 2.61. The summed E-state index contributed by atoms with van der Waals surface area (Å²) in [7, 11) is -3.39. The van der Waals surface area contributed by atoms with Crippen molar-refractivity contribution in [3.8, 4) is 0 Å². The van der Waals surface area contributed by atoms with E-state index >= 15 is 0 Å². The van der Waals surface area contributed by atoms with Crippen LogP contribution in [0.2, 0.25) is 0 Å². The Morgan fingerprint density at radius 2 is 1.60 bits per heavy atom. The van der Waals surface area contributed by atoms with E-state index in [2.05, 4.69) is 10.2 Å². The lowest BCUT2D eigenvalue weighted by Gasteiger charge is -2.35. The summed E-state index contributed by atoms with van der Waals surface area (Å²) in [6, 6.07) is 7.49. The van der Waals surface area contributed by atoms with E-state index in [-0.39, 0.29) is 5.91 Å². The Bertz CT molecular complexity index is 880. The minimum Gasteiger partial charge on any atom is -0.335 e. The Morgan fingerprint density at radius 3 is 2.32 bits per heavy atom. The second kappa shape index (κ2) is 6.40. The van der Waals surface area contributed by atoms with Crippen LogP contribution in [0.5, 0.6) is 0 Å². The lowest BCUT2D eigenvalue weighted by molar-refractivity contribution is 0.0690. The van der Waals surface area contributed by atoms with E-state index in [4.69, 9.17) is 0 Å². The van der Waals surface area contributed by atoms with E-state index in [9.17, 15) is 13.2 Å². The Morgan fingerprint density at radius 1 is 0.960 bits per heavy atom. The first kappa shape index (κ1) is 16.5. The average molecular weight is 363 g/mol. The SMILES string of the molecule is O=C(c1n[nH]c2ccccc12)N1CCN(S(=O)(=O)N2CCCC2)CC1. The molecule has 2 aromatic rings. The van der Waals surface area contributed by atoms with E-state index < -0.39 is 10.2 Å². The third-order valence-electron chi connectivity index (χ3n) is 4.92. The molecule has 0 spiro atoms. The summed E-state index contributed by atoms with van der Waals surface area (Å²) in [5.41, 5.74) is 1.22. The number of aromatic nitrogens is 2. The minimum absolute atomic E-state index is 0.157. The molecule has 2 saturated heterocycles. The van der Waals surface area contributed by atoms with Crippen molar-refractivity contribution in [3.05, 3.63) is 30.0 Å². The quantitative estimate of drug-likeness (QED) is 0.868. The summed E-state index contributed by atoms with van der Waals surface area (Å²) >= 11 is 0. The van der Waals surface area contributed by atoms with Gasteiger partial charge in [0.25, 0.3) is 16.1 Å². The minimum atomic E-state index is -3.39. The number of para-hydroxylation sites is 1. The fourth-order valence-electron chi connectivity index (χ4n) is 3.48. The van der Waals surface area contributed by atoms with Gasteiger partial charge in [0.05, 0.1) is 5.52 Å². The first-order valence-electron chi connectivity index (χ1n) is 8.55. The van der Waals surface area contributed by atoms with Gasteiger partial charge < -0.3 is 4.90 Å². The first-order chi connectivity index (χ1) is 12.1. The van der Waals surface area contributed by atoms with Gasteiger partial charge in [-0.15, -0.1) is 0 Å². The zero-order chi connectivity index (χ0) is 17.4. The molecule has 1 amide bonds. The highest BCUT2D eigenvalue weighted by molar-refractivity contribution is 7.86. The van der Waals surface area contributed by atoms with Crippen molar-refractivity contribution in [2.75, 3.05) is 39.3 Å². The molecule has 2 fully saturated rings. The van der Waals surface area contributed by atoms with Gasteiger partial charge in [-0.3, -0.25) is 9.89 Å². The predicted octanol–water partition coefficient (Wildman–Crippen LogP) is 0.661. The molecule has 1 aromatic heterocycles. The largest absolute Gasteiger partial charge is 0.335 e. The van der Waals surface area contributed by atoms with Gasteiger partial charge in [-0.25, -0.2) is 0 Å². The fraction of sp³-hybridized carbons (Fsp3) is 0.500. The van der Waals surface area contributed by atoms with Crippen molar-refractivity contribution in [2.45, 2.75) is 12.8 Å². The van der Waals surface area contributed by atoms with Crippen LogP contribution in [0.15, 0.2) is 24.3 Å². The smallest absolute Gasteiger partial charge is 0.282 e. The van der Waals surface area contributed by atoms with Crippen molar-refractivity contribution in [1.82, 2.24) is 23.7 Å². The van der Waals surface area contributed by atoms with Crippen LogP contribution in [-0.2, 0) is 10.2 Å². The average Bonchev–Trinajstić information content (AvgIpc) is 3.31. The maximum Gasteiger partial charge on any atom is 0.282 e. The molecule has 0 bridgehead atoms. The third-order valence-corrected chi connectivity index (χ3v) is 6.95. The highest BCUT2D eigenvalue weighted by Gasteiger charge is 2.35. The highest BCUT2D eigenvalue weighted by atomic mass is 32.2. The number of H-pyrrole nitrogens is 1. The molecule has 1 aromatic carbocycles. The second-order valence-electron chi connectivity index (χ2n) is 6.42. The molecule has 3 heterocycles. The normalized spacial score (nSPS) is 20.4. The number of fused-ring (bicyclic) bond motifs is 1. The van der Waals surface area contributed by atoms with Crippen molar-refractivity contribution < 1.29 is 13.2 Å². The lowest BCUT2D eigenvalue weighted by Crippen LogP contribution is -2.53. The van der Waals surface area contributed by atoms with Crippen molar-refractivity contribution in [3.63, 3.8) is 0 Å². The molecule has 134 valence electrons. The molecule has 2 aliphatic rings. The molecular weight excluding hydrogens is 342 g/mol. The van der Waals surface area contributed by atoms with E-state index in [1.807, 2.05) is 24.3 Å². The number of piperazine rings is 1. The molecule has 25 heavy (non-hydrogen) atoms. The maximum absolute atomic E-state index is 12.8. The van der Waals surface area contributed by atoms with E-state index in [1.165, 1.54) is 4.31 Å². The molecule has 0 atom stereocenters. The standard InChI is InChI=1S/C16H21N5O3S/c22-16(15-13-5-1-2-6-14(13)17-18-15)19-9-11-21(12-10-19)25(23,24)20-7-3-4-8-20/h1-2,5-6H,3-4,7-12H2,(H,17,18). The lowest BCUT2D eigenvalue weighted by atomic mass is 10.2. The number of nitrogens with one attached hydrogen (secondary N) is 1. The fourth-order valence-corrected chi connectivity index (χ4v) is 5.15. The van der Waals surface area contributed by atoms with Gasteiger partial charge in [0, 0.05) is 44.7 Å². The van der Waals surface area contributed by atoms with E-state index in [1.54, 1.807) is 9.21 Å². The van der Waals surface area contributed by atoms with Gasteiger partial charge in [-0.05, 0) is 18.9 Å². The number of aromatic amines is 1. The van der Waals surface area contributed by atoms with Gasteiger partial charge >= 0.3 is 0 Å². The van der Waals surface area contributed by atoms with Crippen LogP contribution in [0.1, 0.15) is 23.3 Å². The summed E-state index contributed by atoms with van der Waals surface area (Å²) < 4.78 is 28.2. The Labute approximate surface area is 146 Å². The first-order valence-corrected chi connectivity index (χ1v) is 9.95. The molecule has 1 N–H and O–H groups in total. The molecule has 0 radical (unpaired) electrons. The van der Waals surface area contributed by atoms with E-state index in [0.717, 1.165) is 23.7 Å². The number of rotatable bonds is 3. The molecule has 4 rings (SSSR count). The monoisotopic (exact) mass is 363 g/mol. The zero-order valence-corrected chi connectivity index (χ0v) is 14.7. The van der Waals surface area contributed by atoms with Gasteiger partial charge in [-0.2, -0.15) is 22.1 Å². The Kier molecular flexibility index (Phi) is 4.22. The molecular formula is C16H21N5O3S. The molecule has 2 aliphatic heterocycles. The van der Waals surface area contributed by atoms with Crippen LogP contribution in [0.25, 0.3) is 10.9 Å². The van der Waals surface area contributed by atoms with E-state index in [0.29, 0.717) is 45.0 Å². The molecule has 8 nitrogen and oxygen atoms in total. The van der Waals surface area contributed by atoms with Gasteiger partial charge in [0.1, 0.15) is 0 Å². The summed E-state index contributed by atoms with van der Waals surface area (Å²) in [5.74, 6) is -0.157. The number of nitrogens with zero attached hydrogens (tertiary/aromatic N) is 4. The number of hydrogen-bond donors (Lipinski definition) is 1. The number of carbonyl (C=O) groups excluding carboxylic acids is 1. The topological polar surface area (TPSA) is 89.6 Å². The molecule has 0 aliphatic carbocycles. The number of hydrogen-bond acceptors (Lipinski definition) is 4. The Hall–Kier alpha value is -1.97. The molecule has 0 unspecified atom stereocenters. The summed E-state index contributed by atoms with van der Waals surface area (Å²) in [5, 5.41) is 7.80. The number of amides is 1.